The first-order chi connectivity index (χ1) is 14.0. The summed E-state index contributed by atoms with van der Waals surface area (Å²) in [5.74, 6) is -0.175. The van der Waals surface area contributed by atoms with Crippen molar-refractivity contribution in [3.63, 3.8) is 0 Å². The summed E-state index contributed by atoms with van der Waals surface area (Å²) in [5, 5.41) is 4.35. The number of hydrogen-bond acceptors (Lipinski definition) is 6. The summed E-state index contributed by atoms with van der Waals surface area (Å²) in [6.45, 7) is 1.56. The fourth-order valence-electron chi connectivity index (χ4n) is 3.37. The van der Waals surface area contributed by atoms with E-state index in [9.17, 15) is 13.2 Å². The van der Waals surface area contributed by atoms with Gasteiger partial charge in [-0.15, -0.1) is 11.3 Å². The third kappa shape index (κ3) is 4.04. The maximum atomic E-state index is 13.1. The van der Waals surface area contributed by atoms with E-state index in [4.69, 9.17) is 4.74 Å². The van der Waals surface area contributed by atoms with Crippen molar-refractivity contribution in [2.45, 2.75) is 11.5 Å². The Labute approximate surface area is 173 Å². The van der Waals surface area contributed by atoms with E-state index in [2.05, 4.69) is 4.98 Å². The van der Waals surface area contributed by atoms with Crippen LogP contribution in [0.2, 0.25) is 0 Å². The molecular weight excluding hydrogens is 410 g/mol. The molecule has 0 saturated carbocycles. The molecule has 0 bridgehead atoms. The molecule has 1 amide bonds. The van der Waals surface area contributed by atoms with Crippen molar-refractivity contribution >= 4 is 38.0 Å². The fraction of sp³-hybridized carbons (Fsp3) is 0.300. The highest BCUT2D eigenvalue weighted by atomic mass is 32.2. The molecule has 3 aromatic rings. The zero-order valence-electron chi connectivity index (χ0n) is 15.9. The van der Waals surface area contributed by atoms with Gasteiger partial charge in [-0.2, -0.15) is 4.31 Å². The Morgan fingerprint density at radius 1 is 1.10 bits per heavy atom. The van der Waals surface area contributed by atoms with Crippen molar-refractivity contribution in [1.82, 2.24) is 14.2 Å². The van der Waals surface area contributed by atoms with Crippen LogP contribution in [0.5, 0.6) is 0 Å². The third-order valence-corrected chi connectivity index (χ3v) is 7.64. The van der Waals surface area contributed by atoms with E-state index in [0.29, 0.717) is 25.4 Å². The van der Waals surface area contributed by atoms with E-state index in [-0.39, 0.29) is 23.9 Å². The first-order valence-corrected chi connectivity index (χ1v) is 11.5. The molecule has 0 N–H and O–H groups in total. The standard InChI is InChI=1S/C20H21N3O4S2/c1-27-13-19-21-18(14-28-19)20(24)22-8-10-23(11-9-22)29(25,26)17-7-6-15-4-2-3-5-16(15)12-17/h2-7,12,14H,8-11,13H2,1H3. The number of hydrogen-bond donors (Lipinski definition) is 0. The van der Waals surface area contributed by atoms with Gasteiger partial charge in [-0.3, -0.25) is 4.79 Å². The number of piperazine rings is 1. The van der Waals surface area contributed by atoms with Crippen LogP contribution in [0, 0.1) is 0 Å². The Kier molecular flexibility index (Phi) is 5.64. The molecule has 152 valence electrons. The molecule has 1 fully saturated rings. The lowest BCUT2D eigenvalue weighted by atomic mass is 10.1. The zero-order chi connectivity index (χ0) is 20.4. The predicted octanol–water partition coefficient (Wildman–Crippen LogP) is 2.59. The molecule has 0 radical (unpaired) electrons. The highest BCUT2D eigenvalue weighted by molar-refractivity contribution is 7.89. The van der Waals surface area contributed by atoms with Crippen LogP contribution in [0.25, 0.3) is 10.8 Å². The number of aromatic nitrogens is 1. The number of ether oxygens (including phenoxy) is 1. The van der Waals surface area contributed by atoms with Crippen LogP contribution >= 0.6 is 11.3 Å². The number of nitrogens with zero attached hydrogens (tertiary/aromatic N) is 3. The van der Waals surface area contributed by atoms with E-state index in [1.165, 1.54) is 15.6 Å². The van der Waals surface area contributed by atoms with Gasteiger partial charge in [0.15, 0.2) is 0 Å². The van der Waals surface area contributed by atoms with Crippen LogP contribution in [-0.2, 0) is 21.4 Å². The average molecular weight is 432 g/mol. The summed E-state index contributed by atoms with van der Waals surface area (Å²) >= 11 is 1.38. The first-order valence-electron chi connectivity index (χ1n) is 9.20. The number of benzene rings is 2. The first kappa shape index (κ1) is 20.0. The van der Waals surface area contributed by atoms with Crippen LogP contribution in [0.1, 0.15) is 15.5 Å². The van der Waals surface area contributed by atoms with Crippen LogP contribution in [0.15, 0.2) is 52.7 Å². The number of carbonyl (C=O) groups excluding carboxylic acids is 1. The molecule has 7 nitrogen and oxygen atoms in total. The minimum Gasteiger partial charge on any atom is -0.378 e. The number of methoxy groups -OCH3 is 1. The number of carbonyl (C=O) groups is 1. The topological polar surface area (TPSA) is 79.8 Å². The third-order valence-electron chi connectivity index (χ3n) is 4.92. The van der Waals surface area contributed by atoms with E-state index in [0.717, 1.165) is 15.8 Å². The number of amides is 1. The lowest BCUT2D eigenvalue weighted by Gasteiger charge is -2.33. The Balaban J connectivity index is 1.45. The lowest BCUT2D eigenvalue weighted by Crippen LogP contribution is -2.50. The minimum atomic E-state index is -3.61. The highest BCUT2D eigenvalue weighted by Gasteiger charge is 2.31. The van der Waals surface area contributed by atoms with E-state index in [1.54, 1.807) is 29.5 Å². The second kappa shape index (κ2) is 8.19. The summed E-state index contributed by atoms with van der Waals surface area (Å²) in [5.41, 5.74) is 0.382. The molecule has 9 heteroatoms. The number of rotatable bonds is 5. The molecule has 0 aliphatic carbocycles. The minimum absolute atomic E-state index is 0.175. The van der Waals surface area contributed by atoms with Gasteiger partial charge in [0.25, 0.3) is 5.91 Å². The van der Waals surface area contributed by atoms with Crippen molar-refractivity contribution in [3.05, 3.63) is 58.5 Å². The smallest absolute Gasteiger partial charge is 0.273 e. The Bertz CT molecular complexity index is 1140. The Hall–Kier alpha value is -2.33. The lowest BCUT2D eigenvalue weighted by molar-refractivity contribution is 0.0692. The Morgan fingerprint density at radius 2 is 1.83 bits per heavy atom. The van der Waals surface area contributed by atoms with Crippen LogP contribution in [0.4, 0.5) is 0 Å². The molecule has 1 aromatic heterocycles. The van der Waals surface area contributed by atoms with Crippen molar-refractivity contribution in [2.75, 3.05) is 33.3 Å². The summed E-state index contributed by atoms with van der Waals surface area (Å²) in [6.07, 6.45) is 0. The van der Waals surface area contributed by atoms with Crippen LogP contribution in [0.3, 0.4) is 0 Å². The van der Waals surface area contributed by atoms with Gasteiger partial charge < -0.3 is 9.64 Å². The largest absolute Gasteiger partial charge is 0.378 e. The molecule has 0 unspecified atom stereocenters. The zero-order valence-corrected chi connectivity index (χ0v) is 17.6. The van der Waals surface area contributed by atoms with Crippen molar-refractivity contribution < 1.29 is 17.9 Å². The molecule has 0 atom stereocenters. The van der Waals surface area contributed by atoms with Crippen molar-refractivity contribution in [2.24, 2.45) is 0 Å². The molecule has 2 aromatic carbocycles. The SMILES string of the molecule is COCc1nc(C(=O)N2CCN(S(=O)(=O)c3ccc4ccccc4c3)CC2)cs1. The number of sulfonamides is 1. The average Bonchev–Trinajstić information content (AvgIpc) is 3.22. The van der Waals surface area contributed by atoms with E-state index < -0.39 is 10.0 Å². The molecule has 1 saturated heterocycles. The summed E-state index contributed by atoms with van der Waals surface area (Å²) < 4.78 is 32.6. The van der Waals surface area contributed by atoms with Crippen LogP contribution < -0.4 is 0 Å². The van der Waals surface area contributed by atoms with Gasteiger partial charge in [0.05, 0.1) is 11.5 Å². The van der Waals surface area contributed by atoms with Gasteiger partial charge >= 0.3 is 0 Å². The number of fused-ring (bicyclic) bond motifs is 1. The molecule has 2 heterocycles. The maximum Gasteiger partial charge on any atom is 0.273 e. The normalized spacial score (nSPS) is 15.7. The summed E-state index contributed by atoms with van der Waals surface area (Å²) in [4.78, 5) is 18.9. The highest BCUT2D eigenvalue weighted by Crippen LogP contribution is 2.23. The van der Waals surface area contributed by atoms with Gasteiger partial charge in [-0.25, -0.2) is 13.4 Å². The summed E-state index contributed by atoms with van der Waals surface area (Å²) in [7, 11) is -2.02. The molecule has 4 rings (SSSR count). The predicted molar refractivity (Wildman–Crippen MR) is 111 cm³/mol. The summed E-state index contributed by atoms with van der Waals surface area (Å²) in [6, 6.07) is 12.8. The maximum absolute atomic E-state index is 13.1. The molecule has 0 spiro atoms. The second-order valence-corrected chi connectivity index (χ2v) is 9.65. The Morgan fingerprint density at radius 3 is 2.55 bits per heavy atom. The quantitative estimate of drug-likeness (QED) is 0.620. The van der Waals surface area contributed by atoms with Crippen molar-refractivity contribution in [1.29, 1.82) is 0 Å². The number of thiazole rings is 1. The van der Waals surface area contributed by atoms with E-state index in [1.807, 2.05) is 30.3 Å². The van der Waals surface area contributed by atoms with Gasteiger partial charge in [-0.1, -0.05) is 30.3 Å². The molecular formula is C20H21N3O4S2. The van der Waals surface area contributed by atoms with Gasteiger partial charge in [0.1, 0.15) is 10.7 Å². The monoisotopic (exact) mass is 431 g/mol. The fourth-order valence-corrected chi connectivity index (χ4v) is 5.57. The molecule has 29 heavy (non-hydrogen) atoms. The van der Waals surface area contributed by atoms with Gasteiger partial charge in [-0.05, 0) is 22.9 Å². The molecule has 1 aliphatic heterocycles. The van der Waals surface area contributed by atoms with Gasteiger partial charge in [0.2, 0.25) is 10.0 Å². The van der Waals surface area contributed by atoms with Crippen molar-refractivity contribution in [3.8, 4) is 0 Å². The molecule has 1 aliphatic rings. The van der Waals surface area contributed by atoms with E-state index >= 15 is 0 Å². The second-order valence-electron chi connectivity index (χ2n) is 6.76. The van der Waals surface area contributed by atoms with Crippen LogP contribution in [-0.4, -0.2) is 61.8 Å². The van der Waals surface area contributed by atoms with Gasteiger partial charge in [0, 0.05) is 38.7 Å².